The van der Waals surface area contributed by atoms with Crippen LogP contribution < -0.4 is 15.5 Å². The maximum atomic E-state index is 12.3. The minimum Gasteiger partial charge on any atom is -0.478 e. The van der Waals surface area contributed by atoms with Crippen molar-refractivity contribution in [3.63, 3.8) is 0 Å². The van der Waals surface area contributed by atoms with Crippen LogP contribution in [-0.2, 0) is 4.79 Å². The highest BCUT2D eigenvalue weighted by Crippen LogP contribution is 2.44. The number of amides is 1. The van der Waals surface area contributed by atoms with E-state index in [0.717, 1.165) is 34.0 Å². The van der Waals surface area contributed by atoms with Crippen LogP contribution in [-0.4, -0.2) is 31.6 Å². The molecular weight excluding hydrogens is 558 g/mol. The number of carbonyl (C=O) groups excluding carboxylic acids is 1. The fourth-order valence-corrected chi connectivity index (χ4v) is 5.81. The van der Waals surface area contributed by atoms with Crippen LogP contribution in [0.5, 0.6) is 0 Å². The van der Waals surface area contributed by atoms with Crippen molar-refractivity contribution in [3.8, 4) is 5.69 Å². The lowest BCUT2D eigenvalue weighted by Gasteiger charge is -2.28. The van der Waals surface area contributed by atoms with Crippen molar-refractivity contribution in [2.75, 3.05) is 10.2 Å². The van der Waals surface area contributed by atoms with Gasteiger partial charge in [0.25, 0.3) is 0 Å². The SMILES string of the molecule is Cc1cc([C@H]2[C@@H](c3ccccn3)NC(=S)N2c2ccc(NC(=O)C(C)C)c(Cl)c2)c(C)n1-c1cccc(C(=O)O)c1. The van der Waals surface area contributed by atoms with Crippen LogP contribution in [0.25, 0.3) is 5.69 Å². The van der Waals surface area contributed by atoms with E-state index in [1.807, 2.05) is 67.5 Å². The number of nitrogens with zero attached hydrogens (tertiary/aromatic N) is 3. The van der Waals surface area contributed by atoms with Crippen LogP contribution in [0, 0.1) is 19.8 Å². The molecule has 1 aliphatic rings. The van der Waals surface area contributed by atoms with E-state index in [2.05, 4.69) is 21.7 Å². The molecule has 8 nitrogen and oxygen atoms in total. The lowest BCUT2D eigenvalue weighted by atomic mass is 9.96. The van der Waals surface area contributed by atoms with E-state index in [4.69, 9.17) is 23.8 Å². The molecule has 2 atom stereocenters. The van der Waals surface area contributed by atoms with Crippen LogP contribution in [0.3, 0.4) is 0 Å². The van der Waals surface area contributed by atoms with Gasteiger partial charge in [-0.15, -0.1) is 0 Å². The molecule has 3 N–H and O–H groups in total. The molecule has 4 aromatic rings. The third kappa shape index (κ3) is 5.42. The molecule has 0 unspecified atom stereocenters. The van der Waals surface area contributed by atoms with Crippen LogP contribution in [0.15, 0.2) is 72.9 Å². The number of hydrogen-bond donors (Lipinski definition) is 3. The van der Waals surface area contributed by atoms with E-state index >= 15 is 0 Å². The van der Waals surface area contributed by atoms with Gasteiger partial charge in [0.05, 0.1) is 34.1 Å². The highest BCUT2D eigenvalue weighted by Gasteiger charge is 2.42. The molecule has 3 heterocycles. The molecule has 2 aromatic carbocycles. The van der Waals surface area contributed by atoms with Crippen molar-refractivity contribution in [2.45, 2.75) is 39.8 Å². The minimum atomic E-state index is -0.980. The molecule has 0 bridgehead atoms. The molecule has 1 fully saturated rings. The molecule has 0 saturated carbocycles. The zero-order valence-corrected chi connectivity index (χ0v) is 24.6. The van der Waals surface area contributed by atoms with Gasteiger partial charge in [-0.1, -0.05) is 37.6 Å². The molecule has 1 amide bonds. The number of aromatic carboxylic acids is 1. The standard InChI is InChI=1S/C31H30ClN5O3S/c1-17(2)29(38)34-25-12-11-22(16-24(25)32)37-28(27(35-31(37)41)26-10-5-6-13-33-26)23-14-18(3)36(19(23)4)21-9-7-8-20(15-21)30(39)40/h5-17,27-28H,1-4H3,(H,34,38)(H,35,41)(H,39,40)/t27-,28+/m1/s1. The summed E-state index contributed by atoms with van der Waals surface area (Å²) in [6, 6.07) is 19.7. The minimum absolute atomic E-state index is 0.120. The smallest absolute Gasteiger partial charge is 0.335 e. The number of hydrogen-bond acceptors (Lipinski definition) is 4. The number of carboxylic acid groups (broad SMARTS) is 1. The van der Waals surface area contributed by atoms with Crippen molar-refractivity contribution < 1.29 is 14.7 Å². The summed E-state index contributed by atoms with van der Waals surface area (Å²) in [5.74, 6) is -1.28. The first-order valence-electron chi connectivity index (χ1n) is 13.2. The van der Waals surface area contributed by atoms with E-state index in [0.29, 0.717) is 15.8 Å². The first-order valence-corrected chi connectivity index (χ1v) is 14.0. The fourth-order valence-electron chi connectivity index (χ4n) is 5.24. The molecule has 10 heteroatoms. The highest BCUT2D eigenvalue weighted by molar-refractivity contribution is 7.80. The molecule has 0 spiro atoms. The number of benzene rings is 2. The Morgan fingerprint density at radius 3 is 2.49 bits per heavy atom. The number of aryl methyl sites for hydroxylation is 1. The van der Waals surface area contributed by atoms with Gasteiger partial charge < -0.3 is 25.2 Å². The zero-order chi connectivity index (χ0) is 29.4. The summed E-state index contributed by atoms with van der Waals surface area (Å²) in [6.07, 6.45) is 1.75. The largest absolute Gasteiger partial charge is 0.478 e. The number of pyridine rings is 1. The Hall–Kier alpha value is -4.21. The molecule has 1 saturated heterocycles. The Kier molecular flexibility index (Phi) is 7.84. The second-order valence-electron chi connectivity index (χ2n) is 10.3. The van der Waals surface area contributed by atoms with Crippen LogP contribution in [0.1, 0.15) is 58.9 Å². The Morgan fingerprint density at radius 1 is 1.05 bits per heavy atom. The number of aromatic nitrogens is 2. The quantitative estimate of drug-likeness (QED) is 0.209. The van der Waals surface area contributed by atoms with Crippen molar-refractivity contribution in [3.05, 3.63) is 106 Å². The Bertz CT molecular complexity index is 1650. The van der Waals surface area contributed by atoms with Crippen molar-refractivity contribution >= 4 is 52.2 Å². The third-order valence-corrected chi connectivity index (χ3v) is 7.88. The van der Waals surface area contributed by atoms with Gasteiger partial charge >= 0.3 is 5.97 Å². The number of thiocarbonyl (C=S) groups is 1. The van der Waals surface area contributed by atoms with Gasteiger partial charge in [-0.2, -0.15) is 0 Å². The summed E-state index contributed by atoms with van der Waals surface area (Å²) in [5.41, 5.74) is 5.98. The van der Waals surface area contributed by atoms with Gasteiger partial charge in [-0.3, -0.25) is 9.78 Å². The summed E-state index contributed by atoms with van der Waals surface area (Å²) < 4.78 is 2.05. The van der Waals surface area contributed by atoms with Crippen molar-refractivity contribution in [1.82, 2.24) is 14.9 Å². The summed E-state index contributed by atoms with van der Waals surface area (Å²) in [7, 11) is 0. The summed E-state index contributed by atoms with van der Waals surface area (Å²) in [5, 5.41) is 16.8. The maximum Gasteiger partial charge on any atom is 0.335 e. The summed E-state index contributed by atoms with van der Waals surface area (Å²) in [6.45, 7) is 7.65. The van der Waals surface area contributed by atoms with Gasteiger partial charge in [-0.25, -0.2) is 4.79 Å². The molecule has 1 aliphatic heterocycles. The normalized spacial score (nSPS) is 16.6. The van der Waals surface area contributed by atoms with Gasteiger partial charge in [0, 0.05) is 34.9 Å². The molecule has 210 valence electrons. The van der Waals surface area contributed by atoms with Gasteiger partial charge in [0.1, 0.15) is 0 Å². The van der Waals surface area contributed by atoms with Gasteiger partial charge in [-0.05, 0) is 86.2 Å². The number of nitrogens with one attached hydrogen (secondary N) is 2. The van der Waals surface area contributed by atoms with Crippen LogP contribution in [0.2, 0.25) is 5.02 Å². The fraction of sp³-hybridized carbons (Fsp3) is 0.226. The molecule has 0 aliphatic carbocycles. The lowest BCUT2D eigenvalue weighted by molar-refractivity contribution is -0.118. The number of halogens is 1. The van der Waals surface area contributed by atoms with Crippen LogP contribution >= 0.6 is 23.8 Å². The van der Waals surface area contributed by atoms with E-state index in [9.17, 15) is 14.7 Å². The second-order valence-corrected chi connectivity index (χ2v) is 11.1. The molecule has 0 radical (unpaired) electrons. The summed E-state index contributed by atoms with van der Waals surface area (Å²) >= 11 is 12.5. The van der Waals surface area contributed by atoms with E-state index in [1.165, 1.54) is 0 Å². The predicted molar refractivity (Wildman–Crippen MR) is 165 cm³/mol. The second kappa shape index (κ2) is 11.3. The zero-order valence-electron chi connectivity index (χ0n) is 23.1. The molecule has 5 rings (SSSR count). The van der Waals surface area contributed by atoms with E-state index in [-0.39, 0.29) is 29.5 Å². The third-order valence-electron chi connectivity index (χ3n) is 7.25. The number of carboxylic acids is 1. The van der Waals surface area contributed by atoms with Crippen molar-refractivity contribution in [2.24, 2.45) is 5.92 Å². The maximum absolute atomic E-state index is 12.3. The Balaban J connectivity index is 1.62. The average molecular weight is 588 g/mol. The van der Waals surface area contributed by atoms with E-state index in [1.54, 1.807) is 36.5 Å². The number of anilines is 2. The molecule has 2 aromatic heterocycles. The molecule has 41 heavy (non-hydrogen) atoms. The Morgan fingerprint density at radius 2 is 1.83 bits per heavy atom. The van der Waals surface area contributed by atoms with Gasteiger partial charge in [0.2, 0.25) is 5.91 Å². The highest BCUT2D eigenvalue weighted by atomic mass is 35.5. The van der Waals surface area contributed by atoms with Crippen molar-refractivity contribution in [1.29, 1.82) is 0 Å². The Labute approximate surface area is 249 Å². The van der Waals surface area contributed by atoms with E-state index < -0.39 is 5.97 Å². The topological polar surface area (TPSA) is 99.5 Å². The number of carbonyl (C=O) groups is 2. The average Bonchev–Trinajstić information content (AvgIpc) is 3.44. The number of rotatable bonds is 7. The van der Waals surface area contributed by atoms with Gasteiger partial charge in [0.15, 0.2) is 5.11 Å². The summed E-state index contributed by atoms with van der Waals surface area (Å²) in [4.78, 5) is 30.6. The predicted octanol–water partition coefficient (Wildman–Crippen LogP) is 6.61. The lowest BCUT2D eigenvalue weighted by Crippen LogP contribution is -2.29. The molecular formula is C31H30ClN5O3S. The first-order chi connectivity index (χ1) is 19.6. The monoisotopic (exact) mass is 587 g/mol. The first kappa shape index (κ1) is 28.3. The van der Waals surface area contributed by atoms with Crippen LogP contribution in [0.4, 0.5) is 11.4 Å².